The minimum Gasteiger partial charge on any atom is -0.323 e. The van der Waals surface area contributed by atoms with E-state index in [-0.39, 0.29) is 5.78 Å². The fourth-order valence-electron chi connectivity index (χ4n) is 4.15. The monoisotopic (exact) mass is 398 g/mol. The largest absolute Gasteiger partial charge is 0.323 e. The molecule has 0 aromatic heterocycles. The van der Waals surface area contributed by atoms with Gasteiger partial charge in [0, 0.05) is 6.54 Å². The highest BCUT2D eigenvalue weighted by atomic mass is 16.1. The van der Waals surface area contributed by atoms with Crippen LogP contribution in [0.4, 0.5) is 0 Å². The Hall–Kier alpha value is -3.01. The van der Waals surface area contributed by atoms with Crippen molar-refractivity contribution in [2.24, 2.45) is 0 Å². The van der Waals surface area contributed by atoms with Crippen LogP contribution in [0.15, 0.2) is 103 Å². The lowest BCUT2D eigenvalue weighted by Gasteiger charge is -2.47. The second-order valence-corrected chi connectivity index (χ2v) is 7.51. The summed E-state index contributed by atoms with van der Waals surface area (Å²) >= 11 is 0. The zero-order valence-corrected chi connectivity index (χ0v) is 17.8. The van der Waals surface area contributed by atoms with Crippen molar-refractivity contribution in [2.45, 2.75) is 12.0 Å². The van der Waals surface area contributed by atoms with Crippen LogP contribution in [-0.4, -0.2) is 37.9 Å². The zero-order valence-electron chi connectivity index (χ0n) is 17.8. The van der Waals surface area contributed by atoms with Gasteiger partial charge in [0.2, 0.25) is 0 Å². The lowest BCUT2D eigenvalue weighted by Crippen LogP contribution is -2.52. The minimum absolute atomic E-state index is 0.133. The maximum Gasteiger partial charge on any atom is 0.172 e. The van der Waals surface area contributed by atoms with Gasteiger partial charge in [-0.25, -0.2) is 0 Å². The molecule has 1 N–H and O–H groups in total. The number of nitrogens with zero attached hydrogens (tertiary/aromatic N) is 1. The molecule has 0 radical (unpaired) electrons. The van der Waals surface area contributed by atoms with E-state index in [1.54, 1.807) is 0 Å². The molecule has 1 aliphatic rings. The first-order chi connectivity index (χ1) is 14.6. The Bertz CT molecular complexity index is 855. The van der Waals surface area contributed by atoms with E-state index in [1.807, 2.05) is 32.3 Å². The first-order valence-corrected chi connectivity index (χ1v) is 10.4. The SMILES string of the molecule is C=C1CCN(C(c2ccccc2)(c2ccccc2)c2ccccc2)CC1=O.CNC. The molecule has 0 aliphatic carbocycles. The first kappa shape index (κ1) is 21.7. The van der Waals surface area contributed by atoms with Crippen LogP contribution in [0.1, 0.15) is 23.1 Å². The van der Waals surface area contributed by atoms with Crippen LogP contribution in [0, 0.1) is 0 Å². The highest BCUT2D eigenvalue weighted by molar-refractivity contribution is 5.97. The summed E-state index contributed by atoms with van der Waals surface area (Å²) in [6, 6.07) is 31.5. The molecular formula is C27H30N2O. The Morgan fingerprint density at radius 2 is 1.13 bits per heavy atom. The number of nitrogens with one attached hydrogen (secondary N) is 1. The quantitative estimate of drug-likeness (QED) is 0.513. The van der Waals surface area contributed by atoms with Gasteiger partial charge in [-0.2, -0.15) is 0 Å². The molecule has 3 nitrogen and oxygen atoms in total. The number of hydrogen-bond acceptors (Lipinski definition) is 3. The molecule has 0 unspecified atom stereocenters. The van der Waals surface area contributed by atoms with E-state index >= 15 is 0 Å². The number of carbonyl (C=O) groups is 1. The predicted octanol–water partition coefficient (Wildman–Crippen LogP) is 4.65. The molecule has 0 amide bonds. The van der Waals surface area contributed by atoms with Gasteiger partial charge >= 0.3 is 0 Å². The highest BCUT2D eigenvalue weighted by Crippen LogP contribution is 2.43. The average Bonchev–Trinajstić information content (AvgIpc) is 2.79. The second-order valence-electron chi connectivity index (χ2n) is 7.51. The topological polar surface area (TPSA) is 32.3 Å². The van der Waals surface area contributed by atoms with E-state index in [0.717, 1.165) is 12.1 Å². The number of hydrogen-bond donors (Lipinski definition) is 1. The van der Waals surface area contributed by atoms with Crippen LogP contribution < -0.4 is 5.32 Å². The van der Waals surface area contributed by atoms with Crippen LogP contribution in [-0.2, 0) is 10.3 Å². The summed E-state index contributed by atoms with van der Waals surface area (Å²) in [6.45, 7) is 5.12. The summed E-state index contributed by atoms with van der Waals surface area (Å²) in [4.78, 5) is 14.9. The third kappa shape index (κ3) is 4.28. The molecular weight excluding hydrogens is 368 g/mol. The van der Waals surface area contributed by atoms with Crippen molar-refractivity contribution in [3.05, 3.63) is 120 Å². The number of likely N-dealkylation sites (tertiary alicyclic amines) is 1. The van der Waals surface area contributed by atoms with Crippen LogP contribution in [0.5, 0.6) is 0 Å². The van der Waals surface area contributed by atoms with Crippen molar-refractivity contribution in [1.82, 2.24) is 10.2 Å². The van der Waals surface area contributed by atoms with Gasteiger partial charge in [-0.05, 0) is 42.8 Å². The lowest BCUT2D eigenvalue weighted by molar-refractivity contribution is -0.119. The van der Waals surface area contributed by atoms with E-state index in [2.05, 4.69) is 89.6 Å². The van der Waals surface area contributed by atoms with Crippen LogP contribution in [0.3, 0.4) is 0 Å². The molecule has 1 heterocycles. The average molecular weight is 399 g/mol. The molecule has 1 aliphatic heterocycles. The van der Waals surface area contributed by atoms with Crippen molar-refractivity contribution >= 4 is 5.78 Å². The van der Waals surface area contributed by atoms with Gasteiger partial charge in [0.05, 0.1) is 12.1 Å². The third-order valence-electron chi connectivity index (χ3n) is 5.46. The van der Waals surface area contributed by atoms with Gasteiger partial charge in [0.1, 0.15) is 0 Å². The Labute approximate surface area is 180 Å². The Morgan fingerprint density at radius 3 is 1.47 bits per heavy atom. The molecule has 4 rings (SSSR count). The summed E-state index contributed by atoms with van der Waals surface area (Å²) in [5, 5.41) is 2.75. The molecule has 0 bridgehead atoms. The summed E-state index contributed by atoms with van der Waals surface area (Å²) in [5.41, 5.74) is 3.72. The molecule has 0 spiro atoms. The number of benzene rings is 3. The van der Waals surface area contributed by atoms with Crippen molar-refractivity contribution in [3.8, 4) is 0 Å². The van der Waals surface area contributed by atoms with Gasteiger partial charge in [-0.3, -0.25) is 9.69 Å². The maximum absolute atomic E-state index is 12.6. The molecule has 3 aromatic carbocycles. The fourth-order valence-corrected chi connectivity index (χ4v) is 4.15. The van der Waals surface area contributed by atoms with E-state index in [9.17, 15) is 4.79 Å². The molecule has 3 heteroatoms. The van der Waals surface area contributed by atoms with E-state index in [4.69, 9.17) is 0 Å². The summed E-state index contributed by atoms with van der Waals surface area (Å²) < 4.78 is 0. The third-order valence-corrected chi connectivity index (χ3v) is 5.46. The van der Waals surface area contributed by atoms with Crippen molar-refractivity contribution in [1.29, 1.82) is 0 Å². The van der Waals surface area contributed by atoms with Crippen LogP contribution in [0.2, 0.25) is 0 Å². The molecule has 3 aromatic rings. The van der Waals surface area contributed by atoms with Crippen molar-refractivity contribution in [2.75, 3.05) is 27.2 Å². The van der Waals surface area contributed by atoms with Crippen molar-refractivity contribution in [3.63, 3.8) is 0 Å². The highest BCUT2D eigenvalue weighted by Gasteiger charge is 2.44. The number of Topliss-reactive ketones (excluding diaryl/α,β-unsaturated/α-hetero) is 1. The van der Waals surface area contributed by atoms with E-state index in [1.165, 1.54) is 16.7 Å². The number of carbonyl (C=O) groups excluding carboxylic acids is 1. The lowest BCUT2D eigenvalue weighted by atomic mass is 9.74. The smallest absolute Gasteiger partial charge is 0.172 e. The maximum atomic E-state index is 12.6. The molecule has 30 heavy (non-hydrogen) atoms. The second kappa shape index (κ2) is 10.1. The van der Waals surface area contributed by atoms with Gasteiger partial charge in [0.25, 0.3) is 0 Å². The Kier molecular flexibility index (Phi) is 7.34. The number of rotatable bonds is 4. The zero-order chi connectivity index (χ0) is 21.4. The molecule has 154 valence electrons. The van der Waals surface area contributed by atoms with E-state index in [0.29, 0.717) is 13.0 Å². The Morgan fingerprint density at radius 1 is 0.767 bits per heavy atom. The van der Waals surface area contributed by atoms with Gasteiger partial charge in [-0.15, -0.1) is 0 Å². The summed E-state index contributed by atoms with van der Waals surface area (Å²) in [6.07, 6.45) is 0.701. The first-order valence-electron chi connectivity index (χ1n) is 10.4. The molecule has 0 atom stereocenters. The van der Waals surface area contributed by atoms with Gasteiger partial charge in [-0.1, -0.05) is 97.6 Å². The van der Waals surface area contributed by atoms with E-state index < -0.39 is 5.54 Å². The summed E-state index contributed by atoms with van der Waals surface area (Å²) in [5.74, 6) is 0.133. The fraction of sp³-hybridized carbons (Fsp3) is 0.222. The molecule has 0 saturated carbocycles. The minimum atomic E-state index is -0.514. The predicted molar refractivity (Wildman–Crippen MR) is 125 cm³/mol. The van der Waals surface area contributed by atoms with Gasteiger partial charge < -0.3 is 5.32 Å². The summed E-state index contributed by atoms with van der Waals surface area (Å²) in [7, 11) is 3.75. The van der Waals surface area contributed by atoms with Crippen LogP contribution >= 0.6 is 0 Å². The number of ketones is 1. The number of piperidine rings is 1. The Balaban J connectivity index is 0.000000806. The van der Waals surface area contributed by atoms with Gasteiger partial charge in [0.15, 0.2) is 5.78 Å². The molecule has 1 saturated heterocycles. The molecule has 1 fully saturated rings. The standard InChI is InChI=1S/C25H23NO.C2H7N/c1-20-17-18-26(19-24(20)27)25(21-11-5-2-6-12-21,22-13-7-3-8-14-22)23-15-9-4-10-16-23;1-3-2/h2-16H,1,17-19H2;3H,1-2H3. The van der Waals surface area contributed by atoms with Crippen molar-refractivity contribution < 1.29 is 4.79 Å². The normalized spacial score (nSPS) is 14.7. The van der Waals surface area contributed by atoms with Crippen LogP contribution in [0.25, 0.3) is 0 Å².